The predicted octanol–water partition coefficient (Wildman–Crippen LogP) is 3.43. The summed E-state index contributed by atoms with van der Waals surface area (Å²) in [7, 11) is 3.75. The van der Waals surface area contributed by atoms with Gasteiger partial charge in [-0.2, -0.15) is 0 Å². The number of aryl methyl sites for hydroxylation is 2. The highest BCUT2D eigenvalue weighted by Gasteiger charge is 2.16. The van der Waals surface area contributed by atoms with Gasteiger partial charge in [-0.05, 0) is 33.4 Å². The van der Waals surface area contributed by atoms with Gasteiger partial charge < -0.3 is 4.74 Å². The molecule has 1 unspecified atom stereocenters. The maximum absolute atomic E-state index is 6.32. The van der Waals surface area contributed by atoms with Crippen molar-refractivity contribution in [1.29, 1.82) is 0 Å². The van der Waals surface area contributed by atoms with Crippen LogP contribution in [0.15, 0.2) is 0 Å². The number of thiophene rings is 1. The number of ether oxygens (including phenoxy) is 1. The Labute approximate surface area is 128 Å². The van der Waals surface area contributed by atoms with Gasteiger partial charge >= 0.3 is 0 Å². The summed E-state index contributed by atoms with van der Waals surface area (Å²) in [5.74, 6) is 0.759. The fraction of sp³-hybridized carbons (Fsp3) is 0.571. The molecule has 0 radical (unpaired) electrons. The Morgan fingerprint density at radius 2 is 2.05 bits per heavy atom. The van der Waals surface area contributed by atoms with Crippen molar-refractivity contribution in [3.05, 3.63) is 21.4 Å². The van der Waals surface area contributed by atoms with Gasteiger partial charge in [-0.3, -0.25) is 4.90 Å². The van der Waals surface area contributed by atoms with Crippen molar-refractivity contribution in [2.75, 3.05) is 20.8 Å². The third-order valence-corrected chi connectivity index (χ3v) is 4.96. The van der Waals surface area contributed by atoms with Gasteiger partial charge in [0.05, 0.1) is 18.5 Å². The van der Waals surface area contributed by atoms with E-state index in [1.54, 1.807) is 18.4 Å². The Hall–Kier alpha value is -0.750. The van der Waals surface area contributed by atoms with Gasteiger partial charge in [-0.1, -0.05) is 11.6 Å². The molecule has 0 amide bonds. The molecule has 0 saturated carbocycles. The molecule has 0 bridgehead atoms. The number of rotatable bonds is 5. The number of nitrogens with zero attached hydrogens (tertiary/aromatic N) is 3. The Kier molecular flexibility index (Phi) is 4.96. The van der Waals surface area contributed by atoms with E-state index in [1.165, 1.54) is 10.4 Å². The SMILES string of the molecule is COCC(C)N(C)Cc1nc(Cl)c2c(C)c(C)sc2n1. The van der Waals surface area contributed by atoms with Crippen LogP contribution in [0.5, 0.6) is 0 Å². The zero-order valence-electron chi connectivity index (χ0n) is 12.5. The van der Waals surface area contributed by atoms with E-state index < -0.39 is 0 Å². The van der Waals surface area contributed by atoms with E-state index >= 15 is 0 Å². The molecule has 0 saturated heterocycles. The second kappa shape index (κ2) is 6.35. The van der Waals surface area contributed by atoms with Gasteiger partial charge in [0, 0.05) is 18.0 Å². The average molecular weight is 314 g/mol. The largest absolute Gasteiger partial charge is 0.383 e. The van der Waals surface area contributed by atoms with Crippen molar-refractivity contribution in [1.82, 2.24) is 14.9 Å². The molecule has 2 aromatic rings. The highest BCUT2D eigenvalue weighted by atomic mass is 35.5. The van der Waals surface area contributed by atoms with Crippen molar-refractivity contribution in [2.45, 2.75) is 33.4 Å². The molecule has 20 heavy (non-hydrogen) atoms. The van der Waals surface area contributed by atoms with Crippen LogP contribution in [0, 0.1) is 13.8 Å². The predicted molar refractivity (Wildman–Crippen MR) is 84.7 cm³/mol. The summed E-state index contributed by atoms with van der Waals surface area (Å²) in [6.45, 7) is 7.61. The third-order valence-electron chi connectivity index (χ3n) is 3.58. The molecule has 2 heterocycles. The lowest BCUT2D eigenvalue weighted by molar-refractivity contribution is 0.110. The molecule has 0 fully saturated rings. The number of methoxy groups -OCH3 is 1. The quantitative estimate of drug-likeness (QED) is 0.793. The minimum Gasteiger partial charge on any atom is -0.383 e. The molecule has 2 rings (SSSR count). The smallest absolute Gasteiger partial charge is 0.145 e. The molecule has 0 aromatic carbocycles. The maximum atomic E-state index is 6.32. The first-order chi connectivity index (χ1) is 9.43. The normalized spacial score (nSPS) is 13.3. The Morgan fingerprint density at radius 3 is 2.70 bits per heavy atom. The number of aromatic nitrogens is 2. The lowest BCUT2D eigenvalue weighted by Crippen LogP contribution is -2.32. The fourth-order valence-electron chi connectivity index (χ4n) is 2.06. The molecule has 0 aliphatic carbocycles. The van der Waals surface area contributed by atoms with E-state index in [4.69, 9.17) is 16.3 Å². The number of likely N-dealkylation sites (N-methyl/N-ethyl adjacent to an activating group) is 1. The van der Waals surface area contributed by atoms with E-state index in [9.17, 15) is 0 Å². The summed E-state index contributed by atoms with van der Waals surface area (Å²) < 4.78 is 5.17. The zero-order chi connectivity index (χ0) is 14.9. The molecule has 1 atom stereocenters. The Balaban J connectivity index is 2.28. The molecule has 2 aromatic heterocycles. The van der Waals surface area contributed by atoms with Gasteiger partial charge in [0.2, 0.25) is 0 Å². The monoisotopic (exact) mass is 313 g/mol. The lowest BCUT2D eigenvalue weighted by atomic mass is 10.2. The molecule has 0 aliphatic heterocycles. The Morgan fingerprint density at radius 1 is 1.35 bits per heavy atom. The van der Waals surface area contributed by atoms with Gasteiger partial charge in [-0.25, -0.2) is 9.97 Å². The zero-order valence-corrected chi connectivity index (χ0v) is 14.1. The summed E-state index contributed by atoms with van der Waals surface area (Å²) in [6, 6.07) is 0.310. The molecule has 110 valence electrons. The highest BCUT2D eigenvalue weighted by molar-refractivity contribution is 7.18. The second-order valence-electron chi connectivity index (χ2n) is 5.11. The van der Waals surface area contributed by atoms with Gasteiger partial charge in [-0.15, -0.1) is 11.3 Å². The van der Waals surface area contributed by atoms with Crippen molar-refractivity contribution in [2.24, 2.45) is 0 Å². The second-order valence-corrected chi connectivity index (χ2v) is 6.67. The van der Waals surface area contributed by atoms with Crippen LogP contribution in [-0.2, 0) is 11.3 Å². The van der Waals surface area contributed by atoms with Crippen LogP contribution in [0.2, 0.25) is 5.15 Å². The molecule has 0 spiro atoms. The maximum Gasteiger partial charge on any atom is 0.145 e. The molecular formula is C14H20ClN3OS. The number of hydrogen-bond acceptors (Lipinski definition) is 5. The average Bonchev–Trinajstić information content (AvgIpc) is 2.65. The third kappa shape index (κ3) is 3.11. The van der Waals surface area contributed by atoms with Crippen LogP contribution in [0.3, 0.4) is 0 Å². The van der Waals surface area contributed by atoms with E-state index in [1.807, 2.05) is 7.05 Å². The molecule has 0 aliphatic rings. The van der Waals surface area contributed by atoms with Crippen LogP contribution < -0.4 is 0 Å². The summed E-state index contributed by atoms with van der Waals surface area (Å²) >= 11 is 7.99. The molecule has 4 nitrogen and oxygen atoms in total. The van der Waals surface area contributed by atoms with Crippen molar-refractivity contribution >= 4 is 33.2 Å². The van der Waals surface area contributed by atoms with Crippen LogP contribution in [0.25, 0.3) is 10.2 Å². The van der Waals surface area contributed by atoms with E-state index in [0.29, 0.717) is 24.3 Å². The number of halogens is 1. The summed E-state index contributed by atoms with van der Waals surface area (Å²) in [4.78, 5) is 13.5. The molecule has 6 heteroatoms. The molecular weight excluding hydrogens is 294 g/mol. The van der Waals surface area contributed by atoms with Crippen molar-refractivity contribution in [3.8, 4) is 0 Å². The standard InChI is InChI=1S/C14H20ClN3OS/c1-8(7-19-5)18(4)6-11-16-13(15)12-9(2)10(3)20-14(12)17-11/h8H,6-7H2,1-5H3. The number of fused-ring (bicyclic) bond motifs is 1. The first-order valence-corrected chi connectivity index (χ1v) is 7.74. The molecule has 0 N–H and O–H groups in total. The first kappa shape index (κ1) is 15.6. The van der Waals surface area contributed by atoms with Crippen LogP contribution >= 0.6 is 22.9 Å². The Bertz CT molecular complexity index is 614. The van der Waals surface area contributed by atoms with Gasteiger partial charge in [0.1, 0.15) is 15.8 Å². The van der Waals surface area contributed by atoms with E-state index in [2.05, 4.69) is 35.6 Å². The van der Waals surface area contributed by atoms with Crippen molar-refractivity contribution < 1.29 is 4.74 Å². The van der Waals surface area contributed by atoms with E-state index in [-0.39, 0.29) is 0 Å². The lowest BCUT2D eigenvalue weighted by Gasteiger charge is -2.23. The van der Waals surface area contributed by atoms with Crippen molar-refractivity contribution in [3.63, 3.8) is 0 Å². The summed E-state index contributed by atoms with van der Waals surface area (Å²) in [5, 5.41) is 1.55. The summed E-state index contributed by atoms with van der Waals surface area (Å²) in [5.41, 5.74) is 1.18. The minimum atomic E-state index is 0.310. The first-order valence-electron chi connectivity index (χ1n) is 6.55. The van der Waals surface area contributed by atoms with Crippen LogP contribution in [0.1, 0.15) is 23.2 Å². The van der Waals surface area contributed by atoms with E-state index in [0.717, 1.165) is 16.0 Å². The number of hydrogen-bond donors (Lipinski definition) is 0. The van der Waals surface area contributed by atoms with Crippen LogP contribution in [0.4, 0.5) is 0 Å². The van der Waals surface area contributed by atoms with Gasteiger partial charge in [0.15, 0.2) is 0 Å². The summed E-state index contributed by atoms with van der Waals surface area (Å²) in [6.07, 6.45) is 0. The highest BCUT2D eigenvalue weighted by Crippen LogP contribution is 2.32. The van der Waals surface area contributed by atoms with Gasteiger partial charge in [0.25, 0.3) is 0 Å². The van der Waals surface area contributed by atoms with Crippen LogP contribution in [-0.4, -0.2) is 41.7 Å². The minimum absolute atomic E-state index is 0.310. The topological polar surface area (TPSA) is 38.2 Å². The fourth-order valence-corrected chi connectivity index (χ4v) is 3.49.